The van der Waals surface area contributed by atoms with E-state index in [4.69, 9.17) is 4.42 Å². The predicted molar refractivity (Wildman–Crippen MR) is 73.3 cm³/mol. The summed E-state index contributed by atoms with van der Waals surface area (Å²) in [6, 6.07) is 3.48. The van der Waals surface area contributed by atoms with Gasteiger partial charge in [0.15, 0.2) is 5.82 Å². The van der Waals surface area contributed by atoms with Crippen molar-refractivity contribution in [2.24, 2.45) is 0 Å². The molecule has 0 bridgehead atoms. The van der Waals surface area contributed by atoms with Crippen LogP contribution in [-0.2, 0) is 0 Å². The first-order chi connectivity index (χ1) is 9.75. The highest BCUT2D eigenvalue weighted by molar-refractivity contribution is 7.08. The van der Waals surface area contributed by atoms with Crippen LogP contribution >= 0.6 is 11.3 Å². The second-order valence-electron chi connectivity index (χ2n) is 3.90. The number of carbonyl (C=O) groups excluding carboxylic acids is 1. The third-order valence-electron chi connectivity index (χ3n) is 2.64. The van der Waals surface area contributed by atoms with Crippen LogP contribution in [0.2, 0.25) is 0 Å². The highest BCUT2D eigenvalue weighted by atomic mass is 32.1. The molecule has 0 fully saturated rings. The quantitative estimate of drug-likeness (QED) is 0.437. The number of ketones is 1. The van der Waals surface area contributed by atoms with Crippen molar-refractivity contribution < 1.29 is 14.3 Å². The van der Waals surface area contributed by atoms with Gasteiger partial charge in [-0.15, -0.1) is 0 Å². The summed E-state index contributed by atoms with van der Waals surface area (Å²) in [5.74, 6) is -0.0543. The topological polar surface area (TPSA) is 92.0 Å². The molecule has 0 aromatic carbocycles. The van der Waals surface area contributed by atoms with Gasteiger partial charge in [0.05, 0.1) is 11.8 Å². The summed E-state index contributed by atoms with van der Waals surface area (Å²) in [6.07, 6.45) is 3.78. The Morgan fingerprint density at radius 3 is 3.05 bits per heavy atom. The summed E-state index contributed by atoms with van der Waals surface area (Å²) in [7, 11) is 0. The van der Waals surface area contributed by atoms with E-state index in [1.165, 1.54) is 23.9 Å². The third-order valence-corrected chi connectivity index (χ3v) is 3.32. The number of allylic oxidation sites excluding steroid dienone is 1. The van der Waals surface area contributed by atoms with Crippen molar-refractivity contribution >= 4 is 22.9 Å². The van der Waals surface area contributed by atoms with Gasteiger partial charge in [0.25, 0.3) is 0 Å². The van der Waals surface area contributed by atoms with Gasteiger partial charge in [-0.1, -0.05) is 0 Å². The van der Waals surface area contributed by atoms with Crippen LogP contribution in [-0.4, -0.2) is 26.1 Å². The molecule has 3 aromatic rings. The zero-order valence-electron chi connectivity index (χ0n) is 10.1. The summed E-state index contributed by atoms with van der Waals surface area (Å²) in [4.78, 5) is 15.5. The lowest BCUT2D eigenvalue weighted by Crippen LogP contribution is -1.99. The molecule has 0 radical (unpaired) electrons. The van der Waals surface area contributed by atoms with Gasteiger partial charge in [0, 0.05) is 17.0 Å². The third kappa shape index (κ3) is 2.26. The lowest BCUT2D eigenvalue weighted by Gasteiger charge is -1.99. The van der Waals surface area contributed by atoms with Gasteiger partial charge in [-0.25, -0.2) is 4.98 Å². The van der Waals surface area contributed by atoms with Gasteiger partial charge < -0.3 is 9.52 Å². The largest absolute Gasteiger partial charge is 0.507 e. The molecule has 0 atom stereocenters. The van der Waals surface area contributed by atoms with Crippen molar-refractivity contribution in [3.63, 3.8) is 0 Å². The van der Waals surface area contributed by atoms with Crippen LogP contribution < -0.4 is 0 Å². The van der Waals surface area contributed by atoms with E-state index >= 15 is 0 Å². The van der Waals surface area contributed by atoms with Crippen molar-refractivity contribution in [3.8, 4) is 11.3 Å². The number of furan rings is 1. The van der Waals surface area contributed by atoms with E-state index in [0.717, 1.165) is 11.6 Å². The molecule has 0 spiro atoms. The monoisotopic (exact) mass is 287 g/mol. The summed E-state index contributed by atoms with van der Waals surface area (Å²) < 4.78 is 5.36. The minimum Gasteiger partial charge on any atom is -0.507 e. The lowest BCUT2D eigenvalue weighted by molar-refractivity contribution is 0.103. The first kappa shape index (κ1) is 12.4. The Labute approximate surface area is 117 Å². The first-order valence-electron chi connectivity index (χ1n) is 5.66. The van der Waals surface area contributed by atoms with Gasteiger partial charge in [-0.05, 0) is 17.5 Å². The number of thiophene rings is 1. The van der Waals surface area contributed by atoms with Crippen LogP contribution in [0.5, 0.6) is 0 Å². The fraction of sp³-hybridized carbons (Fsp3) is 0. The van der Waals surface area contributed by atoms with E-state index in [9.17, 15) is 9.90 Å². The van der Waals surface area contributed by atoms with E-state index < -0.39 is 5.78 Å². The van der Waals surface area contributed by atoms with Crippen molar-refractivity contribution in [1.29, 1.82) is 0 Å². The number of aliphatic hydroxyl groups excluding tert-OH is 1. The second kappa shape index (κ2) is 5.14. The number of aromatic amines is 1. The number of H-pyrrole nitrogens is 1. The molecule has 100 valence electrons. The highest BCUT2D eigenvalue weighted by Crippen LogP contribution is 2.30. The molecule has 3 heterocycles. The van der Waals surface area contributed by atoms with Crippen LogP contribution in [0.3, 0.4) is 0 Å². The smallest absolute Gasteiger partial charge is 0.226 e. The van der Waals surface area contributed by atoms with Gasteiger partial charge in [-0.2, -0.15) is 16.4 Å². The first-order valence-corrected chi connectivity index (χ1v) is 6.61. The molecular formula is C13H9N3O3S. The Morgan fingerprint density at radius 2 is 2.35 bits per heavy atom. The SMILES string of the molecule is O=C(C=C(O)c1ccoc1-c1ccsc1)c1ncn[nH]1. The Morgan fingerprint density at radius 1 is 1.45 bits per heavy atom. The van der Waals surface area contributed by atoms with E-state index in [1.54, 1.807) is 6.07 Å². The minimum atomic E-state index is -0.461. The summed E-state index contributed by atoms with van der Waals surface area (Å²) in [5, 5.41) is 19.9. The van der Waals surface area contributed by atoms with Crippen LogP contribution in [0.1, 0.15) is 16.2 Å². The molecule has 0 aliphatic carbocycles. The van der Waals surface area contributed by atoms with Gasteiger partial charge in [0.1, 0.15) is 17.8 Å². The van der Waals surface area contributed by atoms with Gasteiger partial charge in [0.2, 0.25) is 5.78 Å². The molecule has 0 saturated carbocycles. The van der Waals surface area contributed by atoms with Crippen LogP contribution in [0.4, 0.5) is 0 Å². The summed E-state index contributed by atoms with van der Waals surface area (Å²) >= 11 is 1.52. The molecule has 0 aliphatic heterocycles. The highest BCUT2D eigenvalue weighted by Gasteiger charge is 2.15. The Kier molecular flexibility index (Phi) is 3.18. The molecule has 6 nitrogen and oxygen atoms in total. The molecule has 3 aromatic heterocycles. The van der Waals surface area contributed by atoms with Crippen LogP contribution in [0, 0.1) is 0 Å². The van der Waals surface area contributed by atoms with E-state index in [-0.39, 0.29) is 11.6 Å². The molecule has 3 rings (SSSR count). The van der Waals surface area contributed by atoms with Crippen LogP contribution in [0.15, 0.2) is 46.0 Å². The minimum absolute atomic E-state index is 0.0668. The van der Waals surface area contributed by atoms with Crippen molar-refractivity contribution in [3.05, 3.63) is 52.9 Å². The number of nitrogens with one attached hydrogen (secondary N) is 1. The summed E-state index contributed by atoms with van der Waals surface area (Å²) in [6.45, 7) is 0. The molecule has 2 N–H and O–H groups in total. The maximum atomic E-state index is 11.8. The molecular weight excluding hydrogens is 278 g/mol. The van der Waals surface area contributed by atoms with Crippen molar-refractivity contribution in [1.82, 2.24) is 15.2 Å². The fourth-order valence-electron chi connectivity index (χ4n) is 1.72. The average Bonchev–Trinajstić information content (AvgIpc) is 3.19. The zero-order chi connectivity index (χ0) is 13.9. The standard InChI is InChI=1S/C13H9N3O3S/c17-10(5-11(18)13-14-7-15-16-13)9-1-3-19-12(9)8-2-4-20-6-8/h1-7,17H,(H,14,15,16). The molecule has 0 unspecified atom stereocenters. The van der Waals surface area contributed by atoms with Crippen molar-refractivity contribution in [2.45, 2.75) is 0 Å². The normalized spacial score (nSPS) is 11.7. The second-order valence-corrected chi connectivity index (χ2v) is 4.68. The number of rotatable bonds is 4. The summed E-state index contributed by atoms with van der Waals surface area (Å²) in [5.41, 5.74) is 1.30. The van der Waals surface area contributed by atoms with Gasteiger partial charge in [-0.3, -0.25) is 9.89 Å². The maximum absolute atomic E-state index is 11.8. The van der Waals surface area contributed by atoms with Crippen LogP contribution in [0.25, 0.3) is 17.1 Å². The molecule has 0 saturated heterocycles. The number of aromatic nitrogens is 3. The Bertz CT molecular complexity index is 742. The van der Waals surface area contributed by atoms with E-state index in [2.05, 4.69) is 15.2 Å². The average molecular weight is 287 g/mol. The molecule has 0 aliphatic rings. The zero-order valence-corrected chi connectivity index (χ0v) is 10.9. The Balaban J connectivity index is 1.94. The predicted octanol–water partition coefficient (Wildman–Crippen LogP) is 2.91. The number of aliphatic hydroxyl groups is 1. The molecule has 20 heavy (non-hydrogen) atoms. The molecule has 0 amide bonds. The maximum Gasteiger partial charge on any atom is 0.226 e. The number of carbonyl (C=O) groups is 1. The number of hydrogen-bond donors (Lipinski definition) is 2. The molecule has 7 heteroatoms. The van der Waals surface area contributed by atoms with E-state index in [0.29, 0.717) is 11.3 Å². The Hall–Kier alpha value is -2.67. The fourth-order valence-corrected chi connectivity index (χ4v) is 2.36. The lowest BCUT2D eigenvalue weighted by atomic mass is 10.1. The van der Waals surface area contributed by atoms with Crippen molar-refractivity contribution in [2.75, 3.05) is 0 Å². The van der Waals surface area contributed by atoms with Gasteiger partial charge >= 0.3 is 0 Å². The number of nitrogens with zero attached hydrogens (tertiary/aromatic N) is 2. The van der Waals surface area contributed by atoms with E-state index in [1.807, 2.05) is 16.8 Å². The number of hydrogen-bond acceptors (Lipinski definition) is 6.